The molecule has 6 heteroatoms. The molecule has 0 atom stereocenters. The van der Waals surface area contributed by atoms with E-state index in [0.717, 1.165) is 0 Å². The molecule has 1 heterocycles. The average Bonchev–Trinajstić information content (AvgIpc) is 2.26. The Labute approximate surface area is 98.9 Å². The molecule has 1 aliphatic rings. The number of hydrogen-bond acceptors (Lipinski definition) is 3. The summed E-state index contributed by atoms with van der Waals surface area (Å²) < 4.78 is 40.9. The molecule has 0 aromatic carbocycles. The van der Waals surface area contributed by atoms with Crippen LogP contribution in [-0.4, -0.2) is 43.3 Å². The first-order valence-corrected chi connectivity index (χ1v) is 5.88. The molecule has 0 N–H and O–H groups in total. The number of nitrogens with zero attached hydrogens (tertiary/aromatic N) is 1. The first kappa shape index (κ1) is 14.3. The molecule has 17 heavy (non-hydrogen) atoms. The van der Waals surface area contributed by atoms with Crippen LogP contribution in [0, 0.1) is 5.92 Å². The van der Waals surface area contributed by atoms with Crippen LogP contribution in [0.25, 0.3) is 0 Å². The predicted molar refractivity (Wildman–Crippen MR) is 56.5 cm³/mol. The lowest BCUT2D eigenvalue weighted by Gasteiger charge is -2.30. The van der Waals surface area contributed by atoms with Crippen molar-refractivity contribution in [3.63, 3.8) is 0 Å². The van der Waals surface area contributed by atoms with Gasteiger partial charge in [-0.05, 0) is 32.9 Å². The standard InChI is InChI=1S/C11H18F3NO2/c1-2-17-10(16)9-3-6-15(7-4-9)8-5-11(12,13)14/h9H,2-8H2,1H3. The molecule has 1 saturated heterocycles. The van der Waals surface area contributed by atoms with E-state index in [1.165, 1.54) is 0 Å². The predicted octanol–water partition coefficient (Wildman–Crippen LogP) is 2.21. The van der Waals surface area contributed by atoms with Gasteiger partial charge in [0.15, 0.2) is 0 Å². The third kappa shape index (κ3) is 5.39. The fraction of sp³-hybridized carbons (Fsp3) is 0.909. The maximum absolute atomic E-state index is 12.0. The van der Waals surface area contributed by atoms with Crippen LogP contribution in [0.2, 0.25) is 0 Å². The van der Waals surface area contributed by atoms with Gasteiger partial charge in [-0.25, -0.2) is 0 Å². The topological polar surface area (TPSA) is 29.5 Å². The molecule has 100 valence electrons. The van der Waals surface area contributed by atoms with Gasteiger partial charge < -0.3 is 9.64 Å². The van der Waals surface area contributed by atoms with Crippen LogP contribution in [0.5, 0.6) is 0 Å². The second-order valence-electron chi connectivity index (χ2n) is 4.23. The van der Waals surface area contributed by atoms with E-state index in [-0.39, 0.29) is 18.4 Å². The van der Waals surface area contributed by atoms with Crippen molar-refractivity contribution in [3.05, 3.63) is 0 Å². The zero-order valence-corrected chi connectivity index (χ0v) is 9.92. The van der Waals surface area contributed by atoms with E-state index in [1.54, 1.807) is 11.8 Å². The maximum Gasteiger partial charge on any atom is 0.390 e. The van der Waals surface area contributed by atoms with Crippen LogP contribution in [0.15, 0.2) is 0 Å². The average molecular weight is 253 g/mol. The van der Waals surface area contributed by atoms with Gasteiger partial charge >= 0.3 is 12.1 Å². The quantitative estimate of drug-likeness (QED) is 0.719. The van der Waals surface area contributed by atoms with E-state index in [9.17, 15) is 18.0 Å². The van der Waals surface area contributed by atoms with Crippen LogP contribution < -0.4 is 0 Å². The first-order valence-electron chi connectivity index (χ1n) is 5.88. The van der Waals surface area contributed by atoms with E-state index in [2.05, 4.69) is 0 Å². The van der Waals surface area contributed by atoms with Crippen molar-refractivity contribution in [2.75, 3.05) is 26.2 Å². The third-order valence-electron chi connectivity index (χ3n) is 2.92. The highest BCUT2D eigenvalue weighted by atomic mass is 19.4. The number of alkyl halides is 3. The largest absolute Gasteiger partial charge is 0.466 e. The molecule has 0 radical (unpaired) electrons. The number of halogens is 3. The second kappa shape index (κ2) is 6.23. The summed E-state index contributed by atoms with van der Waals surface area (Å²) >= 11 is 0. The fourth-order valence-electron chi connectivity index (χ4n) is 1.94. The highest BCUT2D eigenvalue weighted by Crippen LogP contribution is 2.23. The molecule has 3 nitrogen and oxygen atoms in total. The van der Waals surface area contributed by atoms with Gasteiger partial charge in [0.1, 0.15) is 0 Å². The summed E-state index contributed by atoms with van der Waals surface area (Å²) in [5.41, 5.74) is 0. The van der Waals surface area contributed by atoms with Gasteiger partial charge in [-0.1, -0.05) is 0 Å². The Balaban J connectivity index is 2.24. The molecular weight excluding hydrogens is 235 g/mol. The van der Waals surface area contributed by atoms with Crippen molar-refractivity contribution in [2.24, 2.45) is 5.92 Å². The normalized spacial score (nSPS) is 19.3. The lowest BCUT2D eigenvalue weighted by Crippen LogP contribution is -2.38. The molecular formula is C11H18F3NO2. The van der Waals surface area contributed by atoms with Gasteiger partial charge in [-0.2, -0.15) is 13.2 Å². The minimum absolute atomic E-state index is 0.0268. The Bertz CT molecular complexity index is 248. The van der Waals surface area contributed by atoms with Gasteiger partial charge in [0, 0.05) is 6.54 Å². The molecule has 1 rings (SSSR count). The van der Waals surface area contributed by atoms with Crippen molar-refractivity contribution in [3.8, 4) is 0 Å². The Hall–Kier alpha value is -0.780. The molecule has 0 aromatic heterocycles. The minimum atomic E-state index is -4.10. The summed E-state index contributed by atoms with van der Waals surface area (Å²) in [4.78, 5) is 13.2. The maximum atomic E-state index is 12.0. The van der Waals surface area contributed by atoms with Gasteiger partial charge in [-0.15, -0.1) is 0 Å². The van der Waals surface area contributed by atoms with Gasteiger partial charge in [0.2, 0.25) is 0 Å². The Morgan fingerprint density at radius 1 is 1.35 bits per heavy atom. The Kier molecular flexibility index (Phi) is 5.24. The summed E-state index contributed by atoms with van der Waals surface area (Å²) in [5, 5.41) is 0. The second-order valence-corrected chi connectivity index (χ2v) is 4.23. The zero-order valence-electron chi connectivity index (χ0n) is 9.92. The molecule has 0 bridgehead atoms. The van der Waals surface area contributed by atoms with Crippen LogP contribution in [-0.2, 0) is 9.53 Å². The molecule has 1 aliphatic heterocycles. The van der Waals surface area contributed by atoms with Crippen LogP contribution >= 0.6 is 0 Å². The Morgan fingerprint density at radius 3 is 2.41 bits per heavy atom. The zero-order chi connectivity index (χ0) is 12.9. The molecule has 0 unspecified atom stereocenters. The van der Waals surface area contributed by atoms with Crippen LogP contribution in [0.4, 0.5) is 13.2 Å². The van der Waals surface area contributed by atoms with Gasteiger partial charge in [-0.3, -0.25) is 4.79 Å². The number of hydrogen-bond donors (Lipinski definition) is 0. The Morgan fingerprint density at radius 2 is 1.94 bits per heavy atom. The molecule has 0 aliphatic carbocycles. The molecule has 0 spiro atoms. The molecule has 0 saturated carbocycles. The third-order valence-corrected chi connectivity index (χ3v) is 2.92. The highest BCUT2D eigenvalue weighted by Gasteiger charge is 2.30. The SMILES string of the molecule is CCOC(=O)C1CCN(CCC(F)(F)F)CC1. The van der Waals surface area contributed by atoms with E-state index in [1.807, 2.05) is 0 Å². The number of rotatable bonds is 4. The van der Waals surface area contributed by atoms with Crippen molar-refractivity contribution >= 4 is 5.97 Å². The van der Waals surface area contributed by atoms with Gasteiger partial charge in [0.05, 0.1) is 18.9 Å². The fourth-order valence-corrected chi connectivity index (χ4v) is 1.94. The van der Waals surface area contributed by atoms with E-state index in [0.29, 0.717) is 32.5 Å². The summed E-state index contributed by atoms with van der Waals surface area (Å²) in [6, 6.07) is 0. The lowest BCUT2D eigenvalue weighted by atomic mass is 9.97. The van der Waals surface area contributed by atoms with Crippen molar-refractivity contribution in [1.82, 2.24) is 4.90 Å². The first-order chi connectivity index (χ1) is 7.92. The van der Waals surface area contributed by atoms with Crippen molar-refractivity contribution < 1.29 is 22.7 Å². The number of carbonyl (C=O) groups excluding carboxylic acids is 1. The number of ether oxygens (including phenoxy) is 1. The molecule has 1 fully saturated rings. The molecule has 0 aromatic rings. The number of piperidine rings is 1. The van der Waals surface area contributed by atoms with E-state index >= 15 is 0 Å². The van der Waals surface area contributed by atoms with Gasteiger partial charge in [0.25, 0.3) is 0 Å². The monoisotopic (exact) mass is 253 g/mol. The number of likely N-dealkylation sites (tertiary alicyclic amines) is 1. The summed E-state index contributed by atoms with van der Waals surface area (Å²) in [7, 11) is 0. The number of carbonyl (C=O) groups is 1. The van der Waals surface area contributed by atoms with Crippen molar-refractivity contribution in [1.29, 1.82) is 0 Å². The number of esters is 1. The lowest BCUT2D eigenvalue weighted by molar-refractivity contribution is -0.151. The van der Waals surface area contributed by atoms with E-state index in [4.69, 9.17) is 4.74 Å². The summed E-state index contributed by atoms with van der Waals surface area (Å²) in [6.07, 6.45) is -3.69. The van der Waals surface area contributed by atoms with Crippen LogP contribution in [0.1, 0.15) is 26.2 Å². The highest BCUT2D eigenvalue weighted by molar-refractivity contribution is 5.72. The molecule has 0 amide bonds. The van der Waals surface area contributed by atoms with Crippen molar-refractivity contribution in [2.45, 2.75) is 32.4 Å². The smallest absolute Gasteiger partial charge is 0.390 e. The van der Waals surface area contributed by atoms with Crippen LogP contribution in [0.3, 0.4) is 0 Å². The summed E-state index contributed by atoms with van der Waals surface area (Å²) in [6.45, 7) is 3.21. The summed E-state index contributed by atoms with van der Waals surface area (Å²) in [5.74, 6) is -0.361. The minimum Gasteiger partial charge on any atom is -0.466 e. The van der Waals surface area contributed by atoms with E-state index < -0.39 is 12.6 Å².